The SMILES string of the molecule is C=Nc1nc(N2CC[C@@H](OC(F)F)C2)nc(NCc2cccnc2C(F)(F)F)c1/C=C\C. The first kappa shape index (κ1) is 23.5. The molecule has 1 N–H and O–H groups in total. The average molecular weight is 456 g/mol. The van der Waals surface area contributed by atoms with Gasteiger partial charge in [-0.05, 0) is 26.1 Å². The van der Waals surface area contributed by atoms with E-state index in [-0.39, 0.29) is 36.2 Å². The van der Waals surface area contributed by atoms with E-state index >= 15 is 0 Å². The molecular formula is C20H21F5N6O. The second kappa shape index (κ2) is 9.98. The quantitative estimate of drug-likeness (QED) is 0.459. The van der Waals surface area contributed by atoms with Crippen molar-refractivity contribution >= 4 is 30.4 Å². The number of nitrogens with zero attached hydrogens (tertiary/aromatic N) is 5. The van der Waals surface area contributed by atoms with E-state index in [0.29, 0.717) is 18.5 Å². The molecule has 0 spiro atoms. The summed E-state index contributed by atoms with van der Waals surface area (Å²) in [6.45, 7) is 2.67. The molecule has 12 heteroatoms. The minimum Gasteiger partial charge on any atom is -0.365 e. The van der Waals surface area contributed by atoms with Gasteiger partial charge in [0.2, 0.25) is 5.95 Å². The minimum atomic E-state index is -4.61. The van der Waals surface area contributed by atoms with Gasteiger partial charge in [-0.1, -0.05) is 18.2 Å². The smallest absolute Gasteiger partial charge is 0.365 e. The largest absolute Gasteiger partial charge is 0.433 e. The van der Waals surface area contributed by atoms with Crippen LogP contribution in [0.15, 0.2) is 29.4 Å². The number of alkyl halides is 5. The average Bonchev–Trinajstić information content (AvgIpc) is 3.20. The van der Waals surface area contributed by atoms with Crippen LogP contribution in [0.3, 0.4) is 0 Å². The Balaban J connectivity index is 1.91. The van der Waals surface area contributed by atoms with Crippen LogP contribution in [-0.2, 0) is 17.5 Å². The maximum Gasteiger partial charge on any atom is 0.433 e. The predicted molar refractivity (Wildman–Crippen MR) is 110 cm³/mol. The van der Waals surface area contributed by atoms with E-state index < -0.39 is 24.6 Å². The van der Waals surface area contributed by atoms with E-state index in [1.54, 1.807) is 24.0 Å². The highest BCUT2D eigenvalue weighted by Gasteiger charge is 2.35. The number of hydrogen-bond donors (Lipinski definition) is 1. The Kier molecular flexibility index (Phi) is 7.33. The number of halogens is 5. The molecule has 1 aliphatic rings. The Morgan fingerprint density at radius 3 is 2.81 bits per heavy atom. The van der Waals surface area contributed by atoms with Crippen molar-refractivity contribution < 1.29 is 26.7 Å². The van der Waals surface area contributed by atoms with Crippen molar-refractivity contribution in [3.8, 4) is 0 Å². The fourth-order valence-electron chi connectivity index (χ4n) is 3.34. The fourth-order valence-corrected chi connectivity index (χ4v) is 3.34. The third kappa shape index (κ3) is 5.55. The standard InChI is InChI=1S/C20H21F5N6O/c1-3-5-14-16(26-2)29-19(31-9-7-13(11-31)32-18(21)22)30-17(14)28-10-12-6-4-8-27-15(12)20(23,24)25/h3-6,8,13,18H,2,7,9-11H2,1H3,(H,28,29,30)/b5-3-/t13-/m1/s1. The van der Waals surface area contributed by atoms with Gasteiger partial charge in [0, 0.05) is 31.4 Å². The summed E-state index contributed by atoms with van der Waals surface area (Å²) in [4.78, 5) is 17.8. The van der Waals surface area contributed by atoms with E-state index in [9.17, 15) is 22.0 Å². The lowest BCUT2D eigenvalue weighted by Crippen LogP contribution is -2.26. The molecule has 0 aliphatic carbocycles. The van der Waals surface area contributed by atoms with Crippen LogP contribution in [0.2, 0.25) is 0 Å². The van der Waals surface area contributed by atoms with Crippen molar-refractivity contribution in [1.29, 1.82) is 0 Å². The fraction of sp³-hybridized carbons (Fsp3) is 0.400. The van der Waals surface area contributed by atoms with Crippen molar-refractivity contribution in [2.24, 2.45) is 4.99 Å². The molecule has 172 valence electrons. The molecule has 0 unspecified atom stereocenters. The third-order valence-corrected chi connectivity index (χ3v) is 4.73. The number of anilines is 2. The first-order valence-electron chi connectivity index (χ1n) is 9.68. The van der Waals surface area contributed by atoms with Crippen LogP contribution >= 0.6 is 0 Å². The van der Waals surface area contributed by atoms with Crippen LogP contribution in [-0.4, -0.2) is 47.5 Å². The molecule has 1 aliphatic heterocycles. The number of aliphatic imine (C=N–C) groups is 1. The molecule has 2 aromatic heterocycles. The van der Waals surface area contributed by atoms with Gasteiger partial charge in [0.05, 0.1) is 11.7 Å². The lowest BCUT2D eigenvalue weighted by molar-refractivity contribution is -0.156. The van der Waals surface area contributed by atoms with Crippen molar-refractivity contribution in [3.05, 3.63) is 41.2 Å². The van der Waals surface area contributed by atoms with Gasteiger partial charge >= 0.3 is 12.8 Å². The third-order valence-electron chi connectivity index (χ3n) is 4.73. The summed E-state index contributed by atoms with van der Waals surface area (Å²) in [6, 6.07) is 2.73. The molecule has 32 heavy (non-hydrogen) atoms. The van der Waals surface area contributed by atoms with Gasteiger partial charge in [-0.2, -0.15) is 31.9 Å². The summed E-state index contributed by atoms with van der Waals surface area (Å²) >= 11 is 0. The summed E-state index contributed by atoms with van der Waals surface area (Å²) in [6.07, 6.45) is -0.512. The lowest BCUT2D eigenvalue weighted by atomic mass is 10.1. The number of pyridine rings is 1. The second-order valence-electron chi connectivity index (χ2n) is 6.88. The van der Waals surface area contributed by atoms with Gasteiger partial charge in [-0.15, -0.1) is 0 Å². The van der Waals surface area contributed by atoms with Crippen LogP contribution in [0.1, 0.15) is 30.2 Å². The zero-order valence-corrected chi connectivity index (χ0v) is 17.1. The van der Waals surface area contributed by atoms with Crippen LogP contribution in [0, 0.1) is 0 Å². The molecule has 1 fully saturated rings. The van der Waals surface area contributed by atoms with Gasteiger partial charge in [0.15, 0.2) is 5.82 Å². The van der Waals surface area contributed by atoms with Crippen LogP contribution in [0.25, 0.3) is 6.08 Å². The highest BCUT2D eigenvalue weighted by Crippen LogP contribution is 2.32. The number of ether oxygens (including phenoxy) is 1. The Morgan fingerprint density at radius 1 is 1.38 bits per heavy atom. The van der Waals surface area contributed by atoms with Crippen molar-refractivity contribution in [2.75, 3.05) is 23.3 Å². The molecule has 0 saturated carbocycles. The maximum absolute atomic E-state index is 13.3. The Labute approximate surface area is 181 Å². The molecule has 1 atom stereocenters. The summed E-state index contributed by atoms with van der Waals surface area (Å²) in [5.41, 5.74) is -0.627. The monoisotopic (exact) mass is 456 g/mol. The van der Waals surface area contributed by atoms with Gasteiger partial charge in [0.1, 0.15) is 11.5 Å². The van der Waals surface area contributed by atoms with E-state index in [1.165, 1.54) is 12.1 Å². The van der Waals surface area contributed by atoms with E-state index in [4.69, 9.17) is 0 Å². The van der Waals surface area contributed by atoms with E-state index in [2.05, 4.69) is 36.7 Å². The Morgan fingerprint density at radius 2 is 2.16 bits per heavy atom. The molecule has 3 heterocycles. The highest BCUT2D eigenvalue weighted by molar-refractivity contribution is 5.74. The van der Waals surface area contributed by atoms with Crippen molar-refractivity contribution in [3.63, 3.8) is 0 Å². The summed E-state index contributed by atoms with van der Waals surface area (Å²) in [5, 5.41) is 2.90. The number of rotatable bonds is 8. The molecule has 7 nitrogen and oxygen atoms in total. The van der Waals surface area contributed by atoms with Gasteiger partial charge in [-0.25, -0.2) is 4.99 Å². The molecule has 0 aromatic carbocycles. The van der Waals surface area contributed by atoms with Gasteiger partial charge < -0.3 is 15.0 Å². The Bertz CT molecular complexity index is 981. The molecule has 2 aromatic rings. The molecule has 1 saturated heterocycles. The van der Waals surface area contributed by atoms with Crippen LogP contribution in [0.4, 0.5) is 39.5 Å². The van der Waals surface area contributed by atoms with Crippen molar-refractivity contribution in [1.82, 2.24) is 15.0 Å². The summed E-state index contributed by atoms with van der Waals surface area (Å²) < 4.78 is 69.4. The van der Waals surface area contributed by atoms with Gasteiger partial charge in [-0.3, -0.25) is 4.98 Å². The van der Waals surface area contributed by atoms with E-state index in [1.807, 2.05) is 0 Å². The van der Waals surface area contributed by atoms with Crippen LogP contribution < -0.4 is 10.2 Å². The molecule has 0 radical (unpaired) electrons. The Hall–Kier alpha value is -3.15. The number of nitrogens with one attached hydrogen (secondary N) is 1. The van der Waals surface area contributed by atoms with E-state index in [0.717, 1.165) is 6.20 Å². The zero-order chi connectivity index (χ0) is 23.3. The molecule has 3 rings (SSSR count). The van der Waals surface area contributed by atoms with Gasteiger partial charge in [0.25, 0.3) is 0 Å². The zero-order valence-electron chi connectivity index (χ0n) is 17.1. The predicted octanol–water partition coefficient (Wildman–Crippen LogP) is 4.69. The minimum absolute atomic E-state index is 0.0636. The first-order valence-corrected chi connectivity index (χ1v) is 9.68. The first-order chi connectivity index (χ1) is 15.2. The number of aromatic nitrogens is 3. The summed E-state index contributed by atoms with van der Waals surface area (Å²) in [5.74, 6) is 0.618. The second-order valence-corrected chi connectivity index (χ2v) is 6.88. The molecular weight excluding hydrogens is 435 g/mol. The highest BCUT2D eigenvalue weighted by atomic mass is 19.4. The molecule has 0 amide bonds. The summed E-state index contributed by atoms with van der Waals surface area (Å²) in [7, 11) is 0. The maximum atomic E-state index is 13.3. The van der Waals surface area contributed by atoms with Crippen molar-refractivity contribution in [2.45, 2.75) is 38.8 Å². The lowest BCUT2D eigenvalue weighted by Gasteiger charge is -2.20. The normalized spacial score (nSPS) is 16.8. The van der Waals surface area contributed by atoms with Crippen LogP contribution in [0.5, 0.6) is 0 Å². The number of allylic oxidation sites excluding steroid dienone is 1. The number of hydrogen-bond acceptors (Lipinski definition) is 7. The molecule has 0 bridgehead atoms. The topological polar surface area (TPSA) is 75.5 Å².